The van der Waals surface area contributed by atoms with E-state index in [9.17, 15) is 4.79 Å². The second-order valence-corrected chi connectivity index (χ2v) is 8.09. The number of ether oxygens (including phenoxy) is 2. The molecule has 5 heteroatoms. The van der Waals surface area contributed by atoms with Crippen molar-refractivity contribution >= 4 is 28.3 Å². The van der Waals surface area contributed by atoms with Crippen molar-refractivity contribution in [2.75, 3.05) is 7.05 Å². The fraction of sp³-hybridized carbons (Fsp3) is 0.500. The van der Waals surface area contributed by atoms with Gasteiger partial charge in [0.25, 0.3) is 0 Å². The molecule has 3 unspecified atom stereocenters. The van der Waals surface area contributed by atoms with E-state index < -0.39 is 6.10 Å². The Morgan fingerprint density at radius 3 is 2.48 bits per heavy atom. The van der Waals surface area contributed by atoms with Gasteiger partial charge in [0, 0.05) is 27.9 Å². The zero-order chi connectivity index (χ0) is 19.0. The van der Waals surface area contributed by atoms with Gasteiger partial charge in [0.1, 0.15) is 11.9 Å². The number of piperidine rings is 1. The van der Waals surface area contributed by atoms with Crippen molar-refractivity contribution in [3.8, 4) is 5.75 Å². The zero-order valence-electron chi connectivity index (χ0n) is 15.9. The number of carbonyl (C=O) groups is 1. The number of benzene rings is 2. The molecule has 4 nitrogen and oxygen atoms in total. The van der Waals surface area contributed by atoms with Gasteiger partial charge in [0.05, 0.1) is 0 Å². The Hall–Kier alpha value is -1.78. The van der Waals surface area contributed by atoms with Crippen molar-refractivity contribution in [1.29, 1.82) is 0 Å². The molecule has 0 radical (unpaired) electrons. The third-order valence-electron chi connectivity index (χ3n) is 6.07. The molecule has 2 heterocycles. The Labute approximate surface area is 165 Å². The normalized spacial score (nSPS) is 26.1. The summed E-state index contributed by atoms with van der Waals surface area (Å²) in [5.41, 5.74) is 0. The molecule has 0 amide bonds. The minimum atomic E-state index is -0.605. The quantitative estimate of drug-likeness (QED) is 0.689. The molecular formula is C22H26ClNO3. The maximum absolute atomic E-state index is 12.8. The van der Waals surface area contributed by atoms with Crippen LogP contribution in [0.4, 0.5) is 0 Å². The lowest BCUT2D eigenvalue weighted by atomic mass is 10.0. The number of halogens is 1. The molecule has 3 atom stereocenters. The van der Waals surface area contributed by atoms with Gasteiger partial charge in [-0.1, -0.05) is 42.8 Å². The lowest BCUT2D eigenvalue weighted by Crippen LogP contribution is -2.44. The Bertz CT molecular complexity index is 825. The van der Waals surface area contributed by atoms with Gasteiger partial charge in [0.2, 0.25) is 0 Å². The van der Waals surface area contributed by atoms with E-state index in [0.717, 1.165) is 23.6 Å². The Balaban J connectivity index is 1.47. The van der Waals surface area contributed by atoms with E-state index in [4.69, 9.17) is 21.1 Å². The minimum absolute atomic E-state index is 0.00538. The molecule has 0 aliphatic carbocycles. The zero-order valence-corrected chi connectivity index (χ0v) is 16.6. The first kappa shape index (κ1) is 18.6. The molecule has 0 N–H and O–H groups in total. The van der Waals surface area contributed by atoms with Crippen molar-refractivity contribution in [2.45, 2.75) is 63.3 Å². The lowest BCUT2D eigenvalue weighted by molar-refractivity contribution is -0.160. The first-order valence-electron chi connectivity index (χ1n) is 9.83. The summed E-state index contributed by atoms with van der Waals surface area (Å²) in [6, 6.07) is 12.5. The summed E-state index contributed by atoms with van der Waals surface area (Å²) in [5, 5.41) is 2.51. The Morgan fingerprint density at radius 1 is 1.15 bits per heavy atom. The maximum Gasteiger partial charge on any atom is 0.347 e. The Morgan fingerprint density at radius 2 is 1.81 bits per heavy atom. The first-order valence-corrected chi connectivity index (χ1v) is 10.2. The predicted octanol–water partition coefficient (Wildman–Crippen LogP) is 4.82. The highest BCUT2D eigenvalue weighted by molar-refractivity contribution is 6.35. The van der Waals surface area contributed by atoms with Crippen LogP contribution in [-0.2, 0) is 9.53 Å². The molecule has 2 aromatic carbocycles. The van der Waals surface area contributed by atoms with Crippen molar-refractivity contribution in [2.24, 2.45) is 0 Å². The fourth-order valence-electron chi connectivity index (χ4n) is 4.49. The number of esters is 1. The van der Waals surface area contributed by atoms with Crippen LogP contribution in [0.3, 0.4) is 0 Å². The van der Waals surface area contributed by atoms with Crippen molar-refractivity contribution in [3.63, 3.8) is 0 Å². The summed E-state index contributed by atoms with van der Waals surface area (Å²) in [4.78, 5) is 15.2. The van der Waals surface area contributed by atoms with Crippen molar-refractivity contribution in [3.05, 3.63) is 41.4 Å². The van der Waals surface area contributed by atoms with E-state index in [1.54, 1.807) is 0 Å². The molecule has 27 heavy (non-hydrogen) atoms. The lowest BCUT2D eigenvalue weighted by Gasteiger charge is -2.36. The van der Waals surface area contributed by atoms with Crippen molar-refractivity contribution < 1.29 is 14.3 Å². The number of carbonyl (C=O) groups excluding carboxylic acids is 1. The van der Waals surface area contributed by atoms with Crippen molar-refractivity contribution in [1.82, 2.24) is 4.90 Å². The second-order valence-electron chi connectivity index (χ2n) is 7.69. The topological polar surface area (TPSA) is 38.8 Å². The summed E-state index contributed by atoms with van der Waals surface area (Å²) < 4.78 is 11.9. The van der Waals surface area contributed by atoms with Crippen LogP contribution in [-0.4, -0.2) is 42.2 Å². The average Bonchev–Trinajstić information content (AvgIpc) is 2.89. The van der Waals surface area contributed by atoms with Crippen LogP contribution < -0.4 is 4.74 Å². The summed E-state index contributed by atoms with van der Waals surface area (Å²) in [5.74, 6) is 0.410. The number of hydrogen-bond donors (Lipinski definition) is 0. The van der Waals surface area contributed by atoms with Crippen LogP contribution in [0.25, 0.3) is 10.8 Å². The summed E-state index contributed by atoms with van der Waals surface area (Å²) >= 11 is 6.28. The molecule has 2 saturated heterocycles. The van der Waals surface area contributed by atoms with Gasteiger partial charge in [-0.2, -0.15) is 0 Å². The summed E-state index contributed by atoms with van der Waals surface area (Å²) in [6.07, 6.45) is 4.24. The van der Waals surface area contributed by atoms with E-state index in [1.165, 1.54) is 12.8 Å². The number of rotatable bonds is 5. The SMILES string of the molecule is CCC(Oc1ccc(Cl)c2ccccc12)C(=O)OC1CC2CCC(C1)N2C. The molecule has 144 valence electrons. The molecule has 2 aliphatic rings. The van der Waals surface area contributed by atoms with Crippen LogP contribution in [0, 0.1) is 0 Å². The number of fused-ring (bicyclic) bond motifs is 3. The second kappa shape index (κ2) is 7.69. The molecule has 2 bridgehead atoms. The van der Waals surface area contributed by atoms with Gasteiger partial charge in [-0.15, -0.1) is 0 Å². The molecule has 4 rings (SSSR count). The standard InChI is InChI=1S/C22H26ClNO3/c1-3-20(22(25)26-16-12-14-8-9-15(13-16)24(14)2)27-21-11-10-19(23)17-6-4-5-7-18(17)21/h4-7,10-11,14-16,20H,3,8-9,12-13H2,1-2H3. The van der Waals surface area contributed by atoms with Gasteiger partial charge in [-0.3, -0.25) is 0 Å². The average molecular weight is 388 g/mol. The van der Waals surface area contributed by atoms with E-state index >= 15 is 0 Å². The summed E-state index contributed by atoms with van der Waals surface area (Å²) in [6.45, 7) is 1.95. The maximum atomic E-state index is 12.8. The smallest absolute Gasteiger partial charge is 0.347 e. The van der Waals surface area contributed by atoms with E-state index in [0.29, 0.717) is 29.3 Å². The van der Waals surface area contributed by atoms with Crippen LogP contribution in [0.1, 0.15) is 39.0 Å². The summed E-state index contributed by atoms with van der Waals surface area (Å²) in [7, 11) is 2.18. The van der Waals surface area contributed by atoms with E-state index in [1.807, 2.05) is 43.3 Å². The highest BCUT2D eigenvalue weighted by atomic mass is 35.5. The van der Waals surface area contributed by atoms with Crippen LogP contribution >= 0.6 is 11.6 Å². The predicted molar refractivity (Wildman–Crippen MR) is 107 cm³/mol. The molecule has 0 aromatic heterocycles. The number of nitrogens with zero attached hydrogens (tertiary/aromatic N) is 1. The van der Waals surface area contributed by atoms with E-state index in [2.05, 4.69) is 11.9 Å². The molecule has 2 fully saturated rings. The molecule has 2 aliphatic heterocycles. The van der Waals surface area contributed by atoms with E-state index in [-0.39, 0.29) is 12.1 Å². The third kappa shape index (κ3) is 3.65. The van der Waals surface area contributed by atoms with Gasteiger partial charge in [-0.05, 0) is 51.3 Å². The van der Waals surface area contributed by atoms with Crippen LogP contribution in [0.2, 0.25) is 5.02 Å². The monoisotopic (exact) mass is 387 g/mol. The van der Waals surface area contributed by atoms with Gasteiger partial charge in [-0.25, -0.2) is 4.79 Å². The highest BCUT2D eigenvalue weighted by Gasteiger charge is 2.40. The first-order chi connectivity index (χ1) is 13.1. The third-order valence-corrected chi connectivity index (χ3v) is 6.40. The van der Waals surface area contributed by atoms with Gasteiger partial charge >= 0.3 is 5.97 Å². The number of hydrogen-bond acceptors (Lipinski definition) is 4. The van der Waals surface area contributed by atoms with Gasteiger partial charge in [0.15, 0.2) is 6.10 Å². The van der Waals surface area contributed by atoms with Gasteiger partial charge < -0.3 is 14.4 Å². The largest absolute Gasteiger partial charge is 0.478 e. The fourth-order valence-corrected chi connectivity index (χ4v) is 4.71. The van der Waals surface area contributed by atoms with Crippen LogP contribution in [0.15, 0.2) is 36.4 Å². The molecule has 2 aromatic rings. The van der Waals surface area contributed by atoms with Crippen LogP contribution in [0.5, 0.6) is 5.75 Å². The molecule has 0 saturated carbocycles. The Kier molecular flexibility index (Phi) is 5.29. The molecule has 0 spiro atoms. The minimum Gasteiger partial charge on any atom is -0.478 e. The molecular weight excluding hydrogens is 362 g/mol. The highest BCUT2D eigenvalue weighted by Crippen LogP contribution is 2.36.